The third-order valence-corrected chi connectivity index (χ3v) is 3.00. The molecule has 0 aliphatic carbocycles. The molecule has 0 spiro atoms. The Morgan fingerprint density at radius 1 is 1.12 bits per heavy atom. The van der Waals surface area contributed by atoms with Crippen LogP contribution in [-0.2, 0) is 9.59 Å². The first kappa shape index (κ1) is 14.0. The van der Waals surface area contributed by atoms with Crippen LogP contribution in [0.2, 0.25) is 0 Å². The van der Waals surface area contributed by atoms with Crippen LogP contribution in [0.15, 0.2) is 0 Å². The van der Waals surface area contributed by atoms with E-state index in [0.717, 1.165) is 45.2 Å². The van der Waals surface area contributed by atoms with E-state index in [2.05, 4.69) is 5.32 Å². The van der Waals surface area contributed by atoms with Crippen LogP contribution in [0, 0.1) is 0 Å². The molecule has 3 N–H and O–H groups in total. The van der Waals surface area contributed by atoms with Gasteiger partial charge in [0.25, 0.3) is 0 Å². The number of nitrogens with two attached hydrogens (primary N) is 1. The van der Waals surface area contributed by atoms with E-state index in [4.69, 9.17) is 5.73 Å². The van der Waals surface area contributed by atoms with Crippen molar-refractivity contribution >= 4 is 11.8 Å². The van der Waals surface area contributed by atoms with Crippen molar-refractivity contribution in [2.75, 3.05) is 26.2 Å². The zero-order chi connectivity index (χ0) is 12.5. The van der Waals surface area contributed by atoms with Gasteiger partial charge in [0, 0.05) is 19.5 Å². The zero-order valence-electron chi connectivity index (χ0n) is 10.4. The molecule has 1 rings (SSSR count). The van der Waals surface area contributed by atoms with E-state index in [0.29, 0.717) is 13.0 Å². The summed E-state index contributed by atoms with van der Waals surface area (Å²) >= 11 is 0. The molecule has 5 heteroatoms. The van der Waals surface area contributed by atoms with E-state index in [1.165, 1.54) is 0 Å². The molecule has 0 aromatic carbocycles. The molecule has 0 unspecified atom stereocenters. The Balaban J connectivity index is 2.04. The normalized spacial score (nSPS) is 15.0. The molecule has 0 radical (unpaired) electrons. The molecule has 0 aromatic rings. The number of likely N-dealkylation sites (tertiary alicyclic amines) is 1. The Hall–Kier alpha value is -1.10. The average molecular weight is 241 g/mol. The van der Waals surface area contributed by atoms with Crippen molar-refractivity contribution in [3.8, 4) is 0 Å². The standard InChI is InChI=1S/C12H23N3O2/c13-7-3-1-2-6-11(16)14-10-12(17)15-8-4-5-9-15/h1-10,13H2,(H,14,16). The molecular weight excluding hydrogens is 218 g/mol. The first-order chi connectivity index (χ1) is 8.24. The third kappa shape index (κ3) is 5.68. The number of hydrogen-bond acceptors (Lipinski definition) is 3. The van der Waals surface area contributed by atoms with Crippen LogP contribution < -0.4 is 11.1 Å². The molecule has 1 aliphatic rings. The van der Waals surface area contributed by atoms with E-state index in [9.17, 15) is 9.59 Å². The average Bonchev–Trinajstić information content (AvgIpc) is 2.85. The number of unbranched alkanes of at least 4 members (excludes halogenated alkanes) is 2. The quantitative estimate of drug-likeness (QED) is 0.627. The van der Waals surface area contributed by atoms with Gasteiger partial charge >= 0.3 is 0 Å². The van der Waals surface area contributed by atoms with Crippen molar-refractivity contribution in [1.82, 2.24) is 10.2 Å². The van der Waals surface area contributed by atoms with Crippen LogP contribution in [-0.4, -0.2) is 42.9 Å². The highest BCUT2D eigenvalue weighted by molar-refractivity contribution is 5.84. The second-order valence-electron chi connectivity index (χ2n) is 4.46. The lowest BCUT2D eigenvalue weighted by Crippen LogP contribution is -2.38. The number of nitrogens with zero attached hydrogens (tertiary/aromatic N) is 1. The van der Waals surface area contributed by atoms with Gasteiger partial charge in [-0.3, -0.25) is 9.59 Å². The molecule has 1 heterocycles. The number of amides is 2. The Morgan fingerprint density at radius 3 is 2.47 bits per heavy atom. The van der Waals surface area contributed by atoms with Crippen molar-refractivity contribution < 1.29 is 9.59 Å². The number of nitrogens with one attached hydrogen (secondary N) is 1. The van der Waals surface area contributed by atoms with Crippen molar-refractivity contribution in [2.24, 2.45) is 5.73 Å². The largest absolute Gasteiger partial charge is 0.347 e. The van der Waals surface area contributed by atoms with Crippen molar-refractivity contribution in [3.63, 3.8) is 0 Å². The Labute approximate surface area is 103 Å². The van der Waals surface area contributed by atoms with Crippen LogP contribution in [0.4, 0.5) is 0 Å². The Bertz CT molecular complexity index is 250. The maximum absolute atomic E-state index is 11.6. The fraction of sp³-hybridized carbons (Fsp3) is 0.833. The molecule has 0 saturated carbocycles. The summed E-state index contributed by atoms with van der Waals surface area (Å²) in [5.41, 5.74) is 5.36. The summed E-state index contributed by atoms with van der Waals surface area (Å²) in [6, 6.07) is 0. The molecule has 1 aliphatic heterocycles. The maximum atomic E-state index is 11.6. The lowest BCUT2D eigenvalue weighted by molar-refractivity contribution is -0.132. The fourth-order valence-corrected chi connectivity index (χ4v) is 1.95. The molecule has 0 bridgehead atoms. The van der Waals surface area contributed by atoms with E-state index < -0.39 is 0 Å². The molecule has 17 heavy (non-hydrogen) atoms. The van der Waals surface area contributed by atoms with E-state index in [-0.39, 0.29) is 18.4 Å². The number of hydrogen-bond donors (Lipinski definition) is 2. The summed E-state index contributed by atoms with van der Waals surface area (Å²) in [6.07, 6.45) is 5.44. The minimum absolute atomic E-state index is 0.0328. The highest BCUT2D eigenvalue weighted by atomic mass is 16.2. The minimum atomic E-state index is -0.0328. The van der Waals surface area contributed by atoms with Gasteiger partial charge in [-0.1, -0.05) is 6.42 Å². The highest BCUT2D eigenvalue weighted by Gasteiger charge is 2.17. The monoisotopic (exact) mass is 241 g/mol. The van der Waals surface area contributed by atoms with E-state index >= 15 is 0 Å². The summed E-state index contributed by atoms with van der Waals surface area (Å²) in [5.74, 6) is 0.00683. The first-order valence-electron chi connectivity index (χ1n) is 6.48. The van der Waals surface area contributed by atoms with Gasteiger partial charge in [0.2, 0.25) is 11.8 Å². The third-order valence-electron chi connectivity index (χ3n) is 3.00. The Kier molecular flexibility index (Phi) is 6.62. The topological polar surface area (TPSA) is 75.4 Å². The molecule has 0 aromatic heterocycles. The molecule has 5 nitrogen and oxygen atoms in total. The van der Waals surface area contributed by atoms with Gasteiger partial charge in [0.15, 0.2) is 0 Å². The summed E-state index contributed by atoms with van der Waals surface area (Å²) in [7, 11) is 0. The van der Waals surface area contributed by atoms with Crippen LogP contribution >= 0.6 is 0 Å². The van der Waals surface area contributed by atoms with Crippen LogP contribution in [0.5, 0.6) is 0 Å². The van der Waals surface area contributed by atoms with Gasteiger partial charge in [0.05, 0.1) is 6.54 Å². The fourth-order valence-electron chi connectivity index (χ4n) is 1.95. The maximum Gasteiger partial charge on any atom is 0.241 e. The molecule has 1 saturated heterocycles. The van der Waals surface area contributed by atoms with Crippen LogP contribution in [0.1, 0.15) is 38.5 Å². The second kappa shape index (κ2) is 8.06. The summed E-state index contributed by atoms with van der Waals surface area (Å²) in [6.45, 7) is 2.50. The van der Waals surface area contributed by atoms with Crippen LogP contribution in [0.25, 0.3) is 0 Å². The summed E-state index contributed by atoms with van der Waals surface area (Å²) in [5, 5.41) is 2.67. The van der Waals surface area contributed by atoms with Crippen molar-refractivity contribution in [1.29, 1.82) is 0 Å². The van der Waals surface area contributed by atoms with Gasteiger partial charge in [-0.25, -0.2) is 0 Å². The number of rotatable bonds is 7. The number of carbonyl (C=O) groups excluding carboxylic acids is 2. The smallest absolute Gasteiger partial charge is 0.241 e. The van der Waals surface area contributed by atoms with Crippen LogP contribution in [0.3, 0.4) is 0 Å². The van der Waals surface area contributed by atoms with E-state index in [1.54, 1.807) is 0 Å². The number of carbonyl (C=O) groups is 2. The molecule has 1 fully saturated rings. The van der Waals surface area contributed by atoms with Gasteiger partial charge in [-0.2, -0.15) is 0 Å². The molecule has 0 atom stereocenters. The van der Waals surface area contributed by atoms with Gasteiger partial charge in [0.1, 0.15) is 0 Å². The second-order valence-corrected chi connectivity index (χ2v) is 4.46. The van der Waals surface area contributed by atoms with Gasteiger partial charge in [-0.15, -0.1) is 0 Å². The van der Waals surface area contributed by atoms with Crippen molar-refractivity contribution in [3.05, 3.63) is 0 Å². The minimum Gasteiger partial charge on any atom is -0.347 e. The predicted octanol–water partition coefficient (Wildman–Crippen LogP) is 0.244. The van der Waals surface area contributed by atoms with Gasteiger partial charge < -0.3 is 16.0 Å². The lowest BCUT2D eigenvalue weighted by Gasteiger charge is -2.15. The SMILES string of the molecule is NCCCCCC(=O)NCC(=O)N1CCCC1. The van der Waals surface area contributed by atoms with Gasteiger partial charge in [-0.05, 0) is 32.2 Å². The highest BCUT2D eigenvalue weighted by Crippen LogP contribution is 2.06. The zero-order valence-corrected chi connectivity index (χ0v) is 10.4. The van der Waals surface area contributed by atoms with E-state index in [1.807, 2.05) is 4.90 Å². The van der Waals surface area contributed by atoms with Crippen molar-refractivity contribution in [2.45, 2.75) is 38.5 Å². The molecular formula is C12H23N3O2. The molecule has 2 amide bonds. The predicted molar refractivity (Wildman–Crippen MR) is 66.3 cm³/mol. The molecule has 98 valence electrons. The summed E-state index contributed by atoms with van der Waals surface area (Å²) < 4.78 is 0. The lowest BCUT2D eigenvalue weighted by atomic mass is 10.2. The summed E-state index contributed by atoms with van der Waals surface area (Å²) in [4.78, 5) is 24.8. The Morgan fingerprint density at radius 2 is 1.82 bits per heavy atom. The first-order valence-corrected chi connectivity index (χ1v) is 6.48.